The Hall–Kier alpha value is -2.27. The van der Waals surface area contributed by atoms with E-state index in [1.165, 1.54) is 24.3 Å². The van der Waals surface area contributed by atoms with Crippen molar-refractivity contribution < 1.29 is 17.2 Å². The molecule has 0 amide bonds. The zero-order valence-corrected chi connectivity index (χ0v) is 11.7. The van der Waals surface area contributed by atoms with Gasteiger partial charge in [0.2, 0.25) is 0 Å². The summed E-state index contributed by atoms with van der Waals surface area (Å²) in [5.41, 5.74) is 0.240. The highest BCUT2D eigenvalue weighted by molar-refractivity contribution is 7.97. The van der Waals surface area contributed by atoms with Crippen LogP contribution in [0, 0.1) is 0 Å². The van der Waals surface area contributed by atoms with Crippen LogP contribution in [0.3, 0.4) is 0 Å². The van der Waals surface area contributed by atoms with E-state index in [9.17, 15) is 17.2 Å². The van der Waals surface area contributed by atoms with Gasteiger partial charge in [-0.25, -0.2) is 17.2 Å². The Labute approximate surface area is 122 Å². The first-order valence-corrected chi connectivity index (χ1v) is 7.69. The second-order valence-electron chi connectivity index (χ2n) is 4.25. The van der Waals surface area contributed by atoms with E-state index in [4.69, 9.17) is 0 Å². The molecule has 0 aliphatic carbocycles. The SMILES string of the molecule is O=S(=O)(C=C(F)c1ccccc1)C=C(F)c1ccccc1. The van der Waals surface area contributed by atoms with Gasteiger partial charge >= 0.3 is 0 Å². The summed E-state index contributed by atoms with van der Waals surface area (Å²) in [7, 11) is -4.15. The highest BCUT2D eigenvalue weighted by Gasteiger charge is 2.11. The van der Waals surface area contributed by atoms with Crippen molar-refractivity contribution in [2.75, 3.05) is 0 Å². The van der Waals surface area contributed by atoms with Crippen molar-refractivity contribution in [1.29, 1.82) is 0 Å². The molecular formula is C16H12F2O2S. The maximum Gasteiger partial charge on any atom is 0.198 e. The Morgan fingerprint density at radius 2 is 1.05 bits per heavy atom. The van der Waals surface area contributed by atoms with Gasteiger partial charge in [0.1, 0.15) is 11.7 Å². The quantitative estimate of drug-likeness (QED) is 0.842. The summed E-state index contributed by atoms with van der Waals surface area (Å²) in [5.74, 6) is -1.87. The van der Waals surface area contributed by atoms with Gasteiger partial charge in [-0.05, 0) is 0 Å². The lowest BCUT2D eigenvalue weighted by molar-refractivity contribution is 0.611. The Morgan fingerprint density at radius 3 is 1.38 bits per heavy atom. The van der Waals surface area contributed by atoms with Crippen molar-refractivity contribution in [1.82, 2.24) is 0 Å². The summed E-state index contributed by atoms with van der Waals surface area (Å²) >= 11 is 0. The normalized spacial score (nSPS) is 13.2. The molecular weight excluding hydrogens is 294 g/mol. The van der Waals surface area contributed by atoms with Gasteiger partial charge < -0.3 is 0 Å². The molecule has 0 fully saturated rings. The monoisotopic (exact) mass is 306 g/mol. The molecule has 108 valence electrons. The lowest BCUT2D eigenvalue weighted by atomic mass is 10.2. The van der Waals surface area contributed by atoms with Crippen molar-refractivity contribution in [2.24, 2.45) is 0 Å². The van der Waals surface area contributed by atoms with E-state index >= 15 is 0 Å². The van der Waals surface area contributed by atoms with Crippen LogP contribution < -0.4 is 0 Å². The topological polar surface area (TPSA) is 34.1 Å². The van der Waals surface area contributed by atoms with Gasteiger partial charge in [0, 0.05) is 11.1 Å². The van der Waals surface area contributed by atoms with Crippen LogP contribution in [0.15, 0.2) is 71.5 Å². The third-order valence-corrected chi connectivity index (χ3v) is 3.71. The fourth-order valence-electron chi connectivity index (χ4n) is 1.65. The molecule has 0 saturated carbocycles. The zero-order valence-electron chi connectivity index (χ0n) is 10.9. The molecule has 0 N–H and O–H groups in total. The van der Waals surface area contributed by atoms with E-state index < -0.39 is 21.5 Å². The maximum absolute atomic E-state index is 13.8. The Bertz CT molecular complexity index is 703. The number of sulfone groups is 1. The van der Waals surface area contributed by atoms with Gasteiger partial charge in [-0.2, -0.15) is 0 Å². The number of hydrogen-bond acceptors (Lipinski definition) is 2. The number of halogens is 2. The average Bonchev–Trinajstić information content (AvgIpc) is 2.48. The van der Waals surface area contributed by atoms with Crippen molar-refractivity contribution >= 4 is 21.5 Å². The number of benzene rings is 2. The minimum Gasteiger partial charge on any atom is -0.220 e. The van der Waals surface area contributed by atoms with Crippen LogP contribution in [0.25, 0.3) is 11.7 Å². The van der Waals surface area contributed by atoms with Gasteiger partial charge in [-0.1, -0.05) is 60.7 Å². The molecule has 0 unspecified atom stereocenters. The summed E-state index contributed by atoms with van der Waals surface area (Å²) in [6, 6.07) is 15.4. The highest BCUT2D eigenvalue weighted by Crippen LogP contribution is 2.21. The number of hydrogen-bond donors (Lipinski definition) is 0. The van der Waals surface area contributed by atoms with Crippen LogP contribution in [-0.2, 0) is 9.84 Å². The minimum atomic E-state index is -4.15. The van der Waals surface area contributed by atoms with Crippen LogP contribution in [-0.4, -0.2) is 8.42 Å². The predicted molar refractivity (Wildman–Crippen MR) is 80.0 cm³/mol. The molecule has 0 radical (unpaired) electrons. The third-order valence-electron chi connectivity index (χ3n) is 2.63. The number of rotatable bonds is 4. The Morgan fingerprint density at radius 1 is 0.714 bits per heavy atom. The summed E-state index contributed by atoms with van der Waals surface area (Å²) in [5, 5.41) is 0.815. The van der Waals surface area contributed by atoms with Gasteiger partial charge in [0.05, 0.1) is 10.8 Å². The fraction of sp³-hybridized carbons (Fsp3) is 0. The largest absolute Gasteiger partial charge is 0.220 e. The molecule has 2 nitrogen and oxygen atoms in total. The van der Waals surface area contributed by atoms with Gasteiger partial charge in [-0.15, -0.1) is 0 Å². The molecule has 0 bridgehead atoms. The van der Waals surface area contributed by atoms with Crippen molar-refractivity contribution in [3.8, 4) is 0 Å². The van der Waals surface area contributed by atoms with E-state index in [-0.39, 0.29) is 11.1 Å². The lowest BCUT2D eigenvalue weighted by Crippen LogP contribution is -1.92. The molecule has 2 aromatic rings. The standard InChI is InChI=1S/C16H12F2O2S/c17-15(13-7-3-1-4-8-13)11-21(19,20)12-16(18)14-9-5-2-6-10-14/h1-12H. The van der Waals surface area contributed by atoms with Crippen LogP contribution in [0.2, 0.25) is 0 Å². The van der Waals surface area contributed by atoms with Crippen LogP contribution in [0.1, 0.15) is 11.1 Å². The lowest BCUT2D eigenvalue weighted by Gasteiger charge is -1.99. The summed E-state index contributed by atoms with van der Waals surface area (Å²) in [6.45, 7) is 0. The molecule has 2 aromatic carbocycles. The average molecular weight is 306 g/mol. The second kappa shape index (κ2) is 6.45. The smallest absolute Gasteiger partial charge is 0.198 e. The van der Waals surface area contributed by atoms with E-state index in [0.29, 0.717) is 10.8 Å². The molecule has 2 rings (SSSR count). The third kappa shape index (κ3) is 4.36. The van der Waals surface area contributed by atoms with Gasteiger partial charge in [0.25, 0.3) is 0 Å². The van der Waals surface area contributed by atoms with Crippen molar-refractivity contribution in [2.45, 2.75) is 0 Å². The molecule has 21 heavy (non-hydrogen) atoms. The summed E-state index contributed by atoms with van der Waals surface area (Å²) < 4.78 is 51.2. The van der Waals surface area contributed by atoms with Crippen molar-refractivity contribution in [3.05, 3.63) is 82.6 Å². The second-order valence-corrected chi connectivity index (χ2v) is 5.90. The van der Waals surface area contributed by atoms with Crippen LogP contribution >= 0.6 is 0 Å². The van der Waals surface area contributed by atoms with Crippen molar-refractivity contribution in [3.63, 3.8) is 0 Å². The van der Waals surface area contributed by atoms with Crippen LogP contribution in [0.5, 0.6) is 0 Å². The maximum atomic E-state index is 13.8. The first-order chi connectivity index (χ1) is 9.98. The molecule has 0 aliphatic rings. The first kappa shape index (κ1) is 15.1. The minimum absolute atomic E-state index is 0.120. The Kier molecular flexibility index (Phi) is 4.65. The first-order valence-electron chi connectivity index (χ1n) is 6.08. The van der Waals surface area contributed by atoms with E-state index in [1.807, 2.05) is 0 Å². The van der Waals surface area contributed by atoms with Gasteiger partial charge in [-0.3, -0.25) is 0 Å². The molecule has 0 atom stereocenters. The molecule has 0 aliphatic heterocycles. The molecule has 0 heterocycles. The van der Waals surface area contributed by atoms with Crippen LogP contribution in [0.4, 0.5) is 8.78 Å². The molecule has 5 heteroatoms. The molecule has 0 aromatic heterocycles. The molecule has 0 saturated heterocycles. The molecule has 0 spiro atoms. The van der Waals surface area contributed by atoms with Gasteiger partial charge in [0.15, 0.2) is 9.84 Å². The van der Waals surface area contributed by atoms with E-state index in [0.717, 1.165) is 0 Å². The summed E-state index contributed by atoms with van der Waals surface area (Å²) in [4.78, 5) is 0. The highest BCUT2D eigenvalue weighted by atomic mass is 32.2. The fourth-order valence-corrected chi connectivity index (χ4v) is 2.57. The van der Waals surface area contributed by atoms with E-state index in [1.54, 1.807) is 36.4 Å². The predicted octanol–water partition coefficient (Wildman–Crippen LogP) is 4.34. The van der Waals surface area contributed by atoms with E-state index in [2.05, 4.69) is 0 Å². The zero-order chi connectivity index (χ0) is 15.3. The Balaban J connectivity index is 2.31. The summed E-state index contributed by atoms with van der Waals surface area (Å²) in [6.07, 6.45) is 0.